The lowest BCUT2D eigenvalue weighted by Gasteiger charge is -2.13. The number of nitrogens with one attached hydrogen (secondary N) is 2. The van der Waals surface area contributed by atoms with Crippen molar-refractivity contribution in [3.63, 3.8) is 0 Å². The Hall–Kier alpha value is -1.71. The smallest absolute Gasteiger partial charge is 0.191 e. The molecule has 0 aliphatic carbocycles. The number of benzene rings is 1. The molecule has 1 rings (SSSR count). The van der Waals surface area contributed by atoms with Crippen LogP contribution in [0.5, 0.6) is 5.75 Å². The summed E-state index contributed by atoms with van der Waals surface area (Å²) in [6, 6.07) is 8.05. The minimum absolute atomic E-state index is 0.680. The van der Waals surface area contributed by atoms with E-state index in [2.05, 4.69) is 28.6 Å². The highest BCUT2D eigenvalue weighted by molar-refractivity contribution is 5.79. The summed E-state index contributed by atoms with van der Waals surface area (Å²) in [5, 5.41) is 6.52. The van der Waals surface area contributed by atoms with Gasteiger partial charge in [0.1, 0.15) is 5.75 Å². The number of ether oxygens (including phenoxy) is 1. The van der Waals surface area contributed by atoms with Crippen molar-refractivity contribution in [3.8, 4) is 5.75 Å². The number of hydrogen-bond donors (Lipinski definition) is 2. The normalized spacial score (nSPS) is 11.2. The number of hydrogen-bond acceptors (Lipinski definition) is 2. The summed E-state index contributed by atoms with van der Waals surface area (Å²) in [5.41, 5.74) is 1.14. The maximum absolute atomic E-state index is 5.58. The Labute approximate surface area is 109 Å². The molecule has 1 aromatic rings. The fourth-order valence-electron chi connectivity index (χ4n) is 1.59. The SMILES string of the molecule is CCCNC(=NC)NCc1ccccc1OCC. The second kappa shape index (κ2) is 8.39. The van der Waals surface area contributed by atoms with Crippen molar-refractivity contribution in [1.82, 2.24) is 10.6 Å². The summed E-state index contributed by atoms with van der Waals surface area (Å²) in [6.45, 7) is 6.43. The molecular formula is C14H23N3O. The van der Waals surface area contributed by atoms with E-state index in [0.29, 0.717) is 13.2 Å². The first-order valence-electron chi connectivity index (χ1n) is 6.47. The van der Waals surface area contributed by atoms with Gasteiger partial charge in [0.05, 0.1) is 6.61 Å². The predicted octanol–water partition coefficient (Wildman–Crippen LogP) is 2.16. The Morgan fingerprint density at radius 3 is 2.67 bits per heavy atom. The first-order chi connectivity index (χ1) is 8.81. The molecule has 0 atom stereocenters. The number of aliphatic imine (C=N–C) groups is 1. The van der Waals surface area contributed by atoms with E-state index < -0.39 is 0 Å². The largest absolute Gasteiger partial charge is 0.494 e. The lowest BCUT2D eigenvalue weighted by molar-refractivity contribution is 0.336. The van der Waals surface area contributed by atoms with Gasteiger partial charge >= 0.3 is 0 Å². The quantitative estimate of drug-likeness (QED) is 0.600. The van der Waals surface area contributed by atoms with Gasteiger partial charge in [0.15, 0.2) is 5.96 Å². The van der Waals surface area contributed by atoms with Gasteiger partial charge in [-0.25, -0.2) is 0 Å². The van der Waals surface area contributed by atoms with Crippen molar-refractivity contribution in [1.29, 1.82) is 0 Å². The Kier molecular flexibility index (Phi) is 6.69. The summed E-state index contributed by atoms with van der Waals surface area (Å²) in [7, 11) is 1.78. The van der Waals surface area contributed by atoms with Crippen molar-refractivity contribution in [2.45, 2.75) is 26.8 Å². The molecule has 1 aromatic carbocycles. The van der Waals surface area contributed by atoms with Crippen LogP contribution in [0.2, 0.25) is 0 Å². The van der Waals surface area contributed by atoms with Crippen molar-refractivity contribution in [2.24, 2.45) is 4.99 Å². The maximum atomic E-state index is 5.58. The Morgan fingerprint density at radius 1 is 1.22 bits per heavy atom. The summed E-state index contributed by atoms with van der Waals surface area (Å²) in [4.78, 5) is 4.17. The molecule has 0 aliphatic rings. The molecule has 4 nitrogen and oxygen atoms in total. The third-order valence-electron chi connectivity index (χ3n) is 2.48. The summed E-state index contributed by atoms with van der Waals surface area (Å²) >= 11 is 0. The van der Waals surface area contributed by atoms with E-state index in [0.717, 1.165) is 30.2 Å². The van der Waals surface area contributed by atoms with Gasteiger partial charge in [-0.05, 0) is 19.4 Å². The van der Waals surface area contributed by atoms with Gasteiger partial charge in [0.2, 0.25) is 0 Å². The van der Waals surface area contributed by atoms with Crippen molar-refractivity contribution in [2.75, 3.05) is 20.2 Å². The highest BCUT2D eigenvalue weighted by Gasteiger charge is 2.03. The van der Waals surface area contributed by atoms with E-state index >= 15 is 0 Å². The summed E-state index contributed by atoms with van der Waals surface area (Å²) < 4.78 is 5.58. The minimum Gasteiger partial charge on any atom is -0.494 e. The lowest BCUT2D eigenvalue weighted by Crippen LogP contribution is -2.37. The molecule has 2 N–H and O–H groups in total. The standard InChI is InChI=1S/C14H23N3O/c1-4-10-16-14(15-3)17-11-12-8-6-7-9-13(12)18-5-2/h6-9H,4-5,10-11H2,1-3H3,(H2,15,16,17). The highest BCUT2D eigenvalue weighted by Crippen LogP contribution is 2.17. The van der Waals surface area contributed by atoms with E-state index in [4.69, 9.17) is 4.74 Å². The van der Waals surface area contributed by atoms with Crippen molar-refractivity contribution >= 4 is 5.96 Å². The number of guanidine groups is 1. The topological polar surface area (TPSA) is 45.7 Å². The van der Waals surface area contributed by atoms with Gasteiger partial charge in [0, 0.05) is 25.7 Å². The minimum atomic E-state index is 0.680. The number of rotatable bonds is 6. The van der Waals surface area contributed by atoms with Crippen molar-refractivity contribution < 1.29 is 4.74 Å². The first-order valence-corrected chi connectivity index (χ1v) is 6.47. The van der Waals surface area contributed by atoms with Gasteiger partial charge in [0.25, 0.3) is 0 Å². The second-order valence-corrected chi connectivity index (χ2v) is 3.89. The van der Waals surface area contributed by atoms with E-state index in [1.54, 1.807) is 7.05 Å². The molecule has 100 valence electrons. The predicted molar refractivity (Wildman–Crippen MR) is 76.1 cm³/mol. The maximum Gasteiger partial charge on any atom is 0.191 e. The molecule has 0 fully saturated rings. The molecule has 0 bridgehead atoms. The van der Waals surface area contributed by atoms with Gasteiger partial charge in [-0.1, -0.05) is 25.1 Å². The van der Waals surface area contributed by atoms with Crippen LogP contribution in [0, 0.1) is 0 Å². The number of nitrogens with zero attached hydrogens (tertiary/aromatic N) is 1. The van der Waals surface area contributed by atoms with Crippen LogP contribution in [0.4, 0.5) is 0 Å². The molecule has 0 saturated carbocycles. The van der Waals surface area contributed by atoms with E-state index in [1.165, 1.54) is 0 Å². The fraction of sp³-hybridized carbons (Fsp3) is 0.500. The van der Waals surface area contributed by atoms with Gasteiger partial charge in [-0.15, -0.1) is 0 Å². The molecule has 0 radical (unpaired) electrons. The van der Waals surface area contributed by atoms with Crippen LogP contribution in [0.3, 0.4) is 0 Å². The van der Waals surface area contributed by atoms with Gasteiger partial charge in [-0.3, -0.25) is 4.99 Å². The molecule has 0 aromatic heterocycles. The fourth-order valence-corrected chi connectivity index (χ4v) is 1.59. The Morgan fingerprint density at radius 2 is 2.00 bits per heavy atom. The molecule has 0 aliphatic heterocycles. The second-order valence-electron chi connectivity index (χ2n) is 3.89. The average Bonchev–Trinajstić information content (AvgIpc) is 2.41. The zero-order valence-corrected chi connectivity index (χ0v) is 11.5. The molecular weight excluding hydrogens is 226 g/mol. The molecule has 0 unspecified atom stereocenters. The highest BCUT2D eigenvalue weighted by atomic mass is 16.5. The van der Waals surface area contributed by atoms with Crippen LogP contribution in [0.25, 0.3) is 0 Å². The zero-order valence-electron chi connectivity index (χ0n) is 11.5. The first kappa shape index (κ1) is 14.4. The van der Waals surface area contributed by atoms with E-state index in [1.807, 2.05) is 25.1 Å². The van der Waals surface area contributed by atoms with E-state index in [9.17, 15) is 0 Å². The molecule has 0 spiro atoms. The van der Waals surface area contributed by atoms with Gasteiger partial charge in [-0.2, -0.15) is 0 Å². The summed E-state index contributed by atoms with van der Waals surface area (Å²) in [5.74, 6) is 1.75. The third-order valence-corrected chi connectivity index (χ3v) is 2.48. The van der Waals surface area contributed by atoms with Crippen LogP contribution in [-0.4, -0.2) is 26.2 Å². The zero-order chi connectivity index (χ0) is 13.2. The van der Waals surface area contributed by atoms with Crippen LogP contribution < -0.4 is 15.4 Å². The van der Waals surface area contributed by atoms with Crippen LogP contribution in [-0.2, 0) is 6.54 Å². The van der Waals surface area contributed by atoms with Crippen LogP contribution >= 0.6 is 0 Å². The average molecular weight is 249 g/mol. The molecule has 0 saturated heterocycles. The van der Waals surface area contributed by atoms with Crippen molar-refractivity contribution in [3.05, 3.63) is 29.8 Å². The third kappa shape index (κ3) is 4.65. The van der Waals surface area contributed by atoms with Crippen LogP contribution in [0.15, 0.2) is 29.3 Å². The van der Waals surface area contributed by atoms with Crippen LogP contribution in [0.1, 0.15) is 25.8 Å². The molecule has 4 heteroatoms. The van der Waals surface area contributed by atoms with Gasteiger partial charge < -0.3 is 15.4 Å². The number of para-hydroxylation sites is 1. The van der Waals surface area contributed by atoms with E-state index in [-0.39, 0.29) is 0 Å². The Bertz CT molecular complexity index is 377. The molecule has 18 heavy (non-hydrogen) atoms. The molecule has 0 heterocycles. The Balaban J connectivity index is 2.56. The summed E-state index contributed by atoms with van der Waals surface area (Å²) in [6.07, 6.45) is 1.08. The molecule has 0 amide bonds. The lowest BCUT2D eigenvalue weighted by atomic mass is 10.2. The monoisotopic (exact) mass is 249 g/mol.